The molecule has 3 aromatic rings. The van der Waals surface area contributed by atoms with Crippen molar-refractivity contribution in [2.45, 2.75) is 19.5 Å². The molecule has 27 heavy (non-hydrogen) atoms. The molecule has 0 atom stereocenters. The van der Waals surface area contributed by atoms with Gasteiger partial charge >= 0.3 is 0 Å². The quantitative estimate of drug-likeness (QED) is 0.716. The number of nitriles is 1. The van der Waals surface area contributed by atoms with Gasteiger partial charge in [-0.05, 0) is 23.8 Å². The van der Waals surface area contributed by atoms with Gasteiger partial charge < -0.3 is 14.7 Å². The lowest BCUT2D eigenvalue weighted by atomic mass is 10.00. The Bertz CT molecular complexity index is 1040. The van der Waals surface area contributed by atoms with Crippen molar-refractivity contribution in [3.63, 3.8) is 0 Å². The van der Waals surface area contributed by atoms with Crippen LogP contribution in [0.25, 0.3) is 11.3 Å². The number of hydrogen-bond acceptors (Lipinski definition) is 6. The topological polar surface area (TPSA) is 93.5 Å². The molecule has 0 fully saturated rings. The second kappa shape index (κ2) is 6.95. The van der Waals surface area contributed by atoms with Gasteiger partial charge in [0.25, 0.3) is 0 Å². The third-order valence-corrected chi connectivity index (χ3v) is 5.02. The molecule has 0 saturated heterocycles. The van der Waals surface area contributed by atoms with E-state index < -0.39 is 0 Å². The average Bonchev–Trinajstić information content (AvgIpc) is 3.08. The Morgan fingerprint density at radius 1 is 1.19 bits per heavy atom. The first-order chi connectivity index (χ1) is 13.0. The summed E-state index contributed by atoms with van der Waals surface area (Å²) in [5.41, 5.74) is 3.94. The zero-order valence-electron chi connectivity index (χ0n) is 14.3. The zero-order chi connectivity index (χ0) is 19.0. The second-order valence-corrected chi connectivity index (χ2v) is 6.93. The zero-order valence-corrected chi connectivity index (χ0v) is 15.1. The van der Waals surface area contributed by atoms with Gasteiger partial charge in [0, 0.05) is 37.7 Å². The van der Waals surface area contributed by atoms with Crippen molar-refractivity contribution in [2.75, 3.05) is 6.54 Å². The molecule has 2 heterocycles. The van der Waals surface area contributed by atoms with Crippen LogP contribution in [0.3, 0.4) is 0 Å². The van der Waals surface area contributed by atoms with Crippen molar-refractivity contribution >= 4 is 11.6 Å². The number of aromatic nitrogens is 1. The molecule has 0 radical (unpaired) electrons. The predicted octanol–water partition coefficient (Wildman–Crippen LogP) is 3.84. The number of rotatable bonds is 3. The average molecular weight is 382 g/mol. The molecule has 7 heteroatoms. The maximum atomic E-state index is 10.2. The molecule has 2 N–H and O–H groups in total. The highest BCUT2D eigenvalue weighted by Crippen LogP contribution is 2.40. The van der Waals surface area contributed by atoms with Gasteiger partial charge in [0.15, 0.2) is 5.76 Å². The van der Waals surface area contributed by atoms with Gasteiger partial charge in [0.05, 0.1) is 27.9 Å². The van der Waals surface area contributed by atoms with Crippen molar-refractivity contribution in [3.8, 4) is 28.9 Å². The lowest BCUT2D eigenvalue weighted by molar-refractivity contribution is 0.245. The minimum Gasteiger partial charge on any atom is -0.507 e. The normalized spacial score (nSPS) is 13.9. The van der Waals surface area contributed by atoms with E-state index >= 15 is 0 Å². The van der Waals surface area contributed by atoms with Gasteiger partial charge in [-0.15, -0.1) is 0 Å². The largest absolute Gasteiger partial charge is 0.507 e. The van der Waals surface area contributed by atoms with Crippen LogP contribution in [-0.2, 0) is 19.5 Å². The first-order valence-electron chi connectivity index (χ1n) is 8.46. The highest BCUT2D eigenvalue weighted by Gasteiger charge is 2.26. The first-order valence-corrected chi connectivity index (χ1v) is 8.83. The SMILES string of the molecule is N#Cc1ccc(CN2CCc3noc(-c4cc(Cl)c(O)cc4O)c3C2)cc1. The smallest absolute Gasteiger partial charge is 0.175 e. The second-order valence-electron chi connectivity index (χ2n) is 6.53. The molecule has 0 bridgehead atoms. The Balaban J connectivity index is 1.60. The number of nitrogens with zero attached hydrogens (tertiary/aromatic N) is 3. The van der Waals surface area contributed by atoms with E-state index in [4.69, 9.17) is 21.4 Å². The minimum atomic E-state index is -0.186. The van der Waals surface area contributed by atoms with Crippen LogP contribution < -0.4 is 0 Å². The molecule has 0 saturated carbocycles. The van der Waals surface area contributed by atoms with E-state index in [0.29, 0.717) is 23.4 Å². The van der Waals surface area contributed by atoms with Gasteiger partial charge in [-0.2, -0.15) is 5.26 Å². The van der Waals surface area contributed by atoms with E-state index in [0.717, 1.165) is 36.3 Å². The maximum Gasteiger partial charge on any atom is 0.175 e. The van der Waals surface area contributed by atoms with Crippen LogP contribution in [0.1, 0.15) is 22.4 Å². The fraction of sp³-hybridized carbons (Fsp3) is 0.200. The lowest BCUT2D eigenvalue weighted by Gasteiger charge is -2.26. The Labute approximate surface area is 160 Å². The van der Waals surface area contributed by atoms with Crippen molar-refractivity contribution in [1.29, 1.82) is 5.26 Å². The van der Waals surface area contributed by atoms with Gasteiger partial charge in [0.2, 0.25) is 0 Å². The van der Waals surface area contributed by atoms with Crippen LogP contribution >= 0.6 is 11.6 Å². The Morgan fingerprint density at radius 3 is 2.70 bits per heavy atom. The molecule has 0 spiro atoms. The maximum absolute atomic E-state index is 10.2. The highest BCUT2D eigenvalue weighted by molar-refractivity contribution is 6.32. The van der Waals surface area contributed by atoms with E-state index in [1.807, 2.05) is 24.3 Å². The van der Waals surface area contributed by atoms with Gasteiger partial charge in [-0.25, -0.2) is 0 Å². The van der Waals surface area contributed by atoms with E-state index in [1.165, 1.54) is 12.1 Å². The molecule has 0 aliphatic carbocycles. The molecule has 136 valence electrons. The summed E-state index contributed by atoms with van der Waals surface area (Å²) in [4.78, 5) is 2.25. The van der Waals surface area contributed by atoms with Crippen molar-refractivity contribution in [2.24, 2.45) is 0 Å². The van der Waals surface area contributed by atoms with Crippen molar-refractivity contribution in [1.82, 2.24) is 10.1 Å². The number of benzene rings is 2. The monoisotopic (exact) mass is 381 g/mol. The van der Waals surface area contributed by atoms with E-state index in [9.17, 15) is 10.2 Å². The van der Waals surface area contributed by atoms with Crippen LogP contribution in [0.4, 0.5) is 0 Å². The van der Waals surface area contributed by atoms with Crippen LogP contribution in [-0.4, -0.2) is 26.8 Å². The summed E-state index contributed by atoms with van der Waals surface area (Å²) in [5.74, 6) is 0.169. The number of phenolic OH excluding ortho intramolecular Hbond substituents is 2. The summed E-state index contributed by atoms with van der Waals surface area (Å²) in [6.07, 6.45) is 0.738. The number of hydrogen-bond donors (Lipinski definition) is 2. The van der Waals surface area contributed by atoms with Crippen LogP contribution in [0.2, 0.25) is 5.02 Å². The van der Waals surface area contributed by atoms with Gasteiger partial charge in [0.1, 0.15) is 11.5 Å². The fourth-order valence-corrected chi connectivity index (χ4v) is 3.45. The van der Waals surface area contributed by atoms with Crippen LogP contribution in [0.5, 0.6) is 11.5 Å². The number of halogens is 1. The molecular weight excluding hydrogens is 366 g/mol. The van der Waals surface area contributed by atoms with E-state index in [1.54, 1.807) is 0 Å². The first kappa shape index (κ1) is 17.4. The molecule has 1 aliphatic rings. The van der Waals surface area contributed by atoms with E-state index in [-0.39, 0.29) is 16.5 Å². The summed E-state index contributed by atoms with van der Waals surface area (Å²) >= 11 is 5.99. The number of fused-ring (bicyclic) bond motifs is 1. The third-order valence-electron chi connectivity index (χ3n) is 4.72. The van der Waals surface area contributed by atoms with Gasteiger partial charge in [-0.3, -0.25) is 4.90 Å². The molecule has 1 aromatic heterocycles. The lowest BCUT2D eigenvalue weighted by Crippen LogP contribution is -2.30. The predicted molar refractivity (Wildman–Crippen MR) is 99.3 cm³/mol. The third kappa shape index (κ3) is 3.35. The minimum absolute atomic E-state index is 0.111. The number of aromatic hydroxyl groups is 2. The van der Waals surface area contributed by atoms with Gasteiger partial charge in [-0.1, -0.05) is 28.9 Å². The highest BCUT2D eigenvalue weighted by atomic mass is 35.5. The summed E-state index contributed by atoms with van der Waals surface area (Å²) < 4.78 is 5.50. The van der Waals surface area contributed by atoms with E-state index in [2.05, 4.69) is 16.1 Å². The van der Waals surface area contributed by atoms with Crippen LogP contribution in [0, 0.1) is 11.3 Å². The summed E-state index contributed by atoms with van der Waals surface area (Å²) in [6, 6.07) is 12.3. The van der Waals surface area contributed by atoms with Crippen molar-refractivity contribution < 1.29 is 14.7 Å². The molecule has 2 aromatic carbocycles. The molecule has 0 unspecified atom stereocenters. The molecule has 4 rings (SSSR count). The standard InChI is InChI=1S/C20H16ClN3O3/c21-16-7-14(18(25)8-19(16)26)20-15-11-24(6-5-17(15)23-27-20)10-13-3-1-12(9-22)2-4-13/h1-4,7-8,25-26H,5-6,10-11H2. The molecule has 6 nitrogen and oxygen atoms in total. The molecule has 0 amide bonds. The summed E-state index contributed by atoms with van der Waals surface area (Å²) in [6.45, 7) is 2.19. The summed E-state index contributed by atoms with van der Waals surface area (Å²) in [5, 5.41) is 33.0. The molecular formula is C20H16ClN3O3. The van der Waals surface area contributed by atoms with Crippen molar-refractivity contribution in [3.05, 3.63) is 63.8 Å². The molecule has 1 aliphatic heterocycles. The van der Waals surface area contributed by atoms with Crippen LogP contribution in [0.15, 0.2) is 40.9 Å². The fourth-order valence-electron chi connectivity index (χ4n) is 3.29. The number of phenols is 2. The summed E-state index contributed by atoms with van der Waals surface area (Å²) in [7, 11) is 0. The Kier molecular flexibility index (Phi) is 4.48. The Morgan fingerprint density at radius 2 is 1.96 bits per heavy atom. The Hall–Kier alpha value is -3.01.